The molecule has 24 heavy (non-hydrogen) atoms. The first-order valence-electron chi connectivity index (χ1n) is 7.72. The molecule has 8 heteroatoms. The first kappa shape index (κ1) is 16.5. The molecular formula is C16H18N4O3S. The number of carbonyl (C=O) groups is 1. The molecule has 0 radical (unpaired) electrons. The zero-order chi connectivity index (χ0) is 17.4. The average Bonchev–Trinajstić information content (AvgIpc) is 2.91. The molecule has 3 rings (SSSR count). The quantitative estimate of drug-likeness (QED) is 0.629. The summed E-state index contributed by atoms with van der Waals surface area (Å²) in [6, 6.07) is 7.57. The van der Waals surface area contributed by atoms with Gasteiger partial charge in [-0.15, -0.1) is 11.8 Å². The number of aromatic nitrogens is 2. The fourth-order valence-electron chi connectivity index (χ4n) is 2.96. The van der Waals surface area contributed by atoms with Crippen LogP contribution in [0.1, 0.15) is 30.0 Å². The van der Waals surface area contributed by atoms with Crippen LogP contribution in [-0.2, 0) is 6.54 Å². The largest absolute Gasteiger partial charge is 0.322 e. The van der Waals surface area contributed by atoms with Gasteiger partial charge >= 0.3 is 5.69 Å². The number of hydrogen-bond donors (Lipinski definition) is 0. The zero-order valence-electron chi connectivity index (χ0n) is 13.7. The van der Waals surface area contributed by atoms with Gasteiger partial charge in [-0.1, -0.05) is 12.1 Å². The van der Waals surface area contributed by atoms with Crippen molar-refractivity contribution in [2.24, 2.45) is 0 Å². The van der Waals surface area contributed by atoms with E-state index in [1.54, 1.807) is 23.6 Å². The Hall–Kier alpha value is -2.35. The van der Waals surface area contributed by atoms with Crippen molar-refractivity contribution < 1.29 is 9.72 Å². The third kappa shape index (κ3) is 2.56. The molecule has 0 saturated heterocycles. The van der Waals surface area contributed by atoms with Crippen molar-refractivity contribution in [1.82, 2.24) is 9.78 Å². The van der Waals surface area contributed by atoms with Gasteiger partial charge in [-0.3, -0.25) is 19.6 Å². The van der Waals surface area contributed by atoms with Gasteiger partial charge in [0.1, 0.15) is 5.69 Å². The molecule has 0 saturated carbocycles. The number of benzene rings is 1. The summed E-state index contributed by atoms with van der Waals surface area (Å²) in [5, 5.41) is 15.6. The molecule has 1 atom stereocenters. The van der Waals surface area contributed by atoms with Crippen molar-refractivity contribution in [3.8, 4) is 0 Å². The van der Waals surface area contributed by atoms with Crippen molar-refractivity contribution >= 4 is 29.0 Å². The highest BCUT2D eigenvalue weighted by molar-refractivity contribution is 7.99. The Balaban J connectivity index is 2.15. The maximum Gasteiger partial charge on any atom is 0.322 e. The van der Waals surface area contributed by atoms with Crippen LogP contribution < -0.4 is 4.90 Å². The van der Waals surface area contributed by atoms with Crippen LogP contribution in [0.4, 0.5) is 11.4 Å². The minimum atomic E-state index is -0.517. The van der Waals surface area contributed by atoms with Gasteiger partial charge in [-0.2, -0.15) is 5.10 Å². The van der Waals surface area contributed by atoms with Crippen molar-refractivity contribution in [2.45, 2.75) is 38.3 Å². The van der Waals surface area contributed by atoms with Crippen LogP contribution in [0.3, 0.4) is 0 Å². The van der Waals surface area contributed by atoms with Gasteiger partial charge < -0.3 is 4.90 Å². The predicted molar refractivity (Wildman–Crippen MR) is 92.7 cm³/mol. The number of para-hydroxylation sites is 1. The summed E-state index contributed by atoms with van der Waals surface area (Å²) in [5.74, 6) is 0.375. The summed E-state index contributed by atoms with van der Waals surface area (Å²) in [7, 11) is 0. The fraction of sp³-hybridized carbons (Fsp3) is 0.375. The normalized spacial score (nSPS) is 16.8. The highest BCUT2D eigenvalue weighted by atomic mass is 32.2. The van der Waals surface area contributed by atoms with Crippen LogP contribution in [0, 0.1) is 17.0 Å². The van der Waals surface area contributed by atoms with Crippen molar-refractivity contribution in [3.63, 3.8) is 0 Å². The monoisotopic (exact) mass is 346 g/mol. The summed E-state index contributed by atoms with van der Waals surface area (Å²) >= 11 is 1.69. The standard InChI is InChI=1S/C16H18N4O3S/c1-4-18-15(14(20(22)23)11(3)17-18)16(21)19-10(2)9-24-13-8-6-5-7-12(13)19/h5-8,10H,4,9H2,1-3H3. The van der Waals surface area contributed by atoms with E-state index in [-0.39, 0.29) is 29.0 Å². The van der Waals surface area contributed by atoms with E-state index in [4.69, 9.17) is 0 Å². The average molecular weight is 346 g/mol. The molecule has 1 aromatic carbocycles. The summed E-state index contributed by atoms with van der Waals surface area (Å²) in [6.07, 6.45) is 0. The minimum absolute atomic E-state index is 0.0496. The molecule has 2 aromatic rings. The van der Waals surface area contributed by atoms with E-state index in [0.717, 1.165) is 16.3 Å². The van der Waals surface area contributed by atoms with E-state index in [2.05, 4.69) is 5.10 Å². The second kappa shape index (κ2) is 6.27. The first-order chi connectivity index (χ1) is 11.5. The Morgan fingerprint density at radius 2 is 2.17 bits per heavy atom. The van der Waals surface area contributed by atoms with Gasteiger partial charge in [0.2, 0.25) is 5.69 Å². The molecule has 0 spiro atoms. The van der Waals surface area contributed by atoms with E-state index in [0.29, 0.717) is 6.54 Å². The highest BCUT2D eigenvalue weighted by Gasteiger charge is 2.37. The Morgan fingerprint density at radius 3 is 2.83 bits per heavy atom. The van der Waals surface area contributed by atoms with E-state index in [9.17, 15) is 14.9 Å². The molecule has 1 amide bonds. The van der Waals surface area contributed by atoms with E-state index in [1.165, 1.54) is 4.68 Å². The zero-order valence-corrected chi connectivity index (χ0v) is 14.5. The fourth-order valence-corrected chi connectivity index (χ4v) is 4.01. The molecule has 1 aromatic heterocycles. The molecule has 0 N–H and O–H groups in total. The lowest BCUT2D eigenvalue weighted by Gasteiger charge is -2.34. The smallest absolute Gasteiger partial charge is 0.302 e. The summed E-state index contributed by atoms with van der Waals surface area (Å²) < 4.78 is 1.42. The molecule has 1 aliphatic heterocycles. The van der Waals surface area contributed by atoms with Crippen LogP contribution in [-0.4, -0.2) is 32.4 Å². The van der Waals surface area contributed by atoms with Crippen LogP contribution >= 0.6 is 11.8 Å². The van der Waals surface area contributed by atoms with Crippen LogP contribution in [0.2, 0.25) is 0 Å². The van der Waals surface area contributed by atoms with Crippen LogP contribution in [0.5, 0.6) is 0 Å². The molecular weight excluding hydrogens is 328 g/mol. The van der Waals surface area contributed by atoms with Crippen molar-refractivity contribution in [2.75, 3.05) is 10.7 Å². The molecule has 126 valence electrons. The maximum atomic E-state index is 13.2. The van der Waals surface area contributed by atoms with Crippen LogP contribution in [0.25, 0.3) is 0 Å². The number of fused-ring (bicyclic) bond motifs is 1. The molecule has 1 aliphatic rings. The van der Waals surface area contributed by atoms with Gasteiger partial charge in [-0.05, 0) is 32.9 Å². The summed E-state index contributed by atoms with van der Waals surface area (Å²) in [4.78, 5) is 26.8. The van der Waals surface area contributed by atoms with E-state index in [1.807, 2.05) is 38.1 Å². The Bertz CT molecular complexity index is 818. The number of rotatable bonds is 3. The predicted octanol–water partition coefficient (Wildman–Crippen LogP) is 3.26. The number of nitro groups is 1. The third-order valence-electron chi connectivity index (χ3n) is 4.04. The van der Waals surface area contributed by atoms with Gasteiger partial charge in [0.05, 0.1) is 10.6 Å². The third-order valence-corrected chi connectivity index (χ3v) is 5.35. The summed E-state index contributed by atoms with van der Waals surface area (Å²) in [6.45, 7) is 5.72. The molecule has 0 fully saturated rings. The Morgan fingerprint density at radius 1 is 1.46 bits per heavy atom. The molecule has 0 bridgehead atoms. The number of carbonyl (C=O) groups excluding carboxylic acids is 1. The lowest BCUT2D eigenvalue weighted by molar-refractivity contribution is -0.385. The van der Waals surface area contributed by atoms with E-state index < -0.39 is 4.92 Å². The van der Waals surface area contributed by atoms with Gasteiger partial charge in [-0.25, -0.2) is 0 Å². The lowest BCUT2D eigenvalue weighted by atomic mass is 10.2. The second-order valence-corrected chi connectivity index (χ2v) is 6.72. The van der Waals surface area contributed by atoms with Gasteiger partial charge in [0.25, 0.3) is 5.91 Å². The second-order valence-electron chi connectivity index (χ2n) is 5.66. The Kier molecular flexibility index (Phi) is 4.31. The molecule has 2 heterocycles. The minimum Gasteiger partial charge on any atom is -0.302 e. The number of hydrogen-bond acceptors (Lipinski definition) is 5. The summed E-state index contributed by atoms with van der Waals surface area (Å²) in [5.41, 5.74) is 0.901. The van der Waals surface area contributed by atoms with Crippen LogP contribution in [0.15, 0.2) is 29.2 Å². The topological polar surface area (TPSA) is 81.3 Å². The number of nitrogens with zero attached hydrogens (tertiary/aromatic N) is 4. The molecule has 0 aliphatic carbocycles. The van der Waals surface area contributed by atoms with Crippen molar-refractivity contribution in [3.05, 3.63) is 45.8 Å². The van der Waals surface area contributed by atoms with Gasteiger partial charge in [0, 0.05) is 23.2 Å². The number of anilines is 1. The number of thioether (sulfide) groups is 1. The number of amides is 1. The maximum absolute atomic E-state index is 13.2. The van der Waals surface area contributed by atoms with Gasteiger partial charge in [0.15, 0.2) is 0 Å². The van der Waals surface area contributed by atoms with E-state index >= 15 is 0 Å². The lowest BCUT2D eigenvalue weighted by Crippen LogP contribution is -2.43. The van der Waals surface area contributed by atoms with Crippen molar-refractivity contribution in [1.29, 1.82) is 0 Å². The number of aryl methyl sites for hydroxylation is 2. The molecule has 1 unspecified atom stereocenters. The Labute approximate surface area is 143 Å². The highest BCUT2D eigenvalue weighted by Crippen LogP contribution is 2.39. The molecule has 7 nitrogen and oxygen atoms in total. The first-order valence-corrected chi connectivity index (χ1v) is 8.71. The SMILES string of the molecule is CCn1nc(C)c([N+](=O)[O-])c1C(=O)N1c2ccccc2SCC1C.